The molecule has 1 unspecified atom stereocenters. The van der Waals surface area contributed by atoms with E-state index in [1.165, 1.54) is 50.9 Å². The largest absolute Gasteiger partial charge is 0.330 e. The molecule has 0 amide bonds. The van der Waals surface area contributed by atoms with Crippen molar-refractivity contribution in [3.05, 3.63) is 35.9 Å². The summed E-state index contributed by atoms with van der Waals surface area (Å²) in [5, 5.41) is 0. The molecule has 1 heterocycles. The molecule has 0 radical (unpaired) electrons. The van der Waals surface area contributed by atoms with E-state index in [2.05, 4.69) is 35.2 Å². The summed E-state index contributed by atoms with van der Waals surface area (Å²) in [4.78, 5) is 2.61. The highest BCUT2D eigenvalue weighted by Gasteiger charge is 2.18. The maximum atomic E-state index is 5.65. The molecule has 0 aromatic heterocycles. The third-order valence-corrected chi connectivity index (χ3v) is 3.74. The van der Waals surface area contributed by atoms with Crippen molar-refractivity contribution in [2.45, 2.75) is 25.7 Å². The van der Waals surface area contributed by atoms with Gasteiger partial charge in [-0.15, -0.1) is 12.4 Å². The summed E-state index contributed by atoms with van der Waals surface area (Å²) in [6, 6.07) is 10.8. The zero-order valence-corrected chi connectivity index (χ0v) is 11.9. The molecule has 0 bridgehead atoms. The average molecular weight is 269 g/mol. The van der Waals surface area contributed by atoms with Crippen LogP contribution < -0.4 is 5.73 Å². The van der Waals surface area contributed by atoms with Crippen molar-refractivity contribution >= 4 is 12.4 Å². The first-order chi connectivity index (χ1) is 8.38. The average Bonchev–Trinajstić information content (AvgIpc) is 2.39. The third kappa shape index (κ3) is 4.97. The van der Waals surface area contributed by atoms with E-state index in [-0.39, 0.29) is 12.4 Å². The van der Waals surface area contributed by atoms with Gasteiger partial charge in [0, 0.05) is 13.1 Å². The summed E-state index contributed by atoms with van der Waals surface area (Å²) in [6.07, 6.45) is 5.09. The maximum absolute atomic E-state index is 5.65. The molecule has 1 saturated heterocycles. The second-order valence-corrected chi connectivity index (χ2v) is 5.12. The zero-order chi connectivity index (χ0) is 11.9. The first kappa shape index (κ1) is 15.5. The van der Waals surface area contributed by atoms with Crippen LogP contribution in [0.4, 0.5) is 0 Å². The quantitative estimate of drug-likeness (QED) is 0.890. The molecular weight excluding hydrogens is 244 g/mol. The number of halogens is 1. The van der Waals surface area contributed by atoms with Gasteiger partial charge in [0.05, 0.1) is 0 Å². The summed E-state index contributed by atoms with van der Waals surface area (Å²) in [7, 11) is 0. The van der Waals surface area contributed by atoms with E-state index < -0.39 is 0 Å². The number of rotatable bonds is 5. The Morgan fingerprint density at radius 1 is 1.22 bits per heavy atom. The van der Waals surface area contributed by atoms with Gasteiger partial charge in [0.25, 0.3) is 0 Å². The highest BCUT2D eigenvalue weighted by Crippen LogP contribution is 2.19. The summed E-state index contributed by atoms with van der Waals surface area (Å²) in [6.45, 7) is 4.57. The standard InChI is InChI=1S/C15H24N2.ClH/c16-10-8-15-7-4-11-17(13-15)12-9-14-5-2-1-3-6-14;/h1-3,5-6,15H,4,7-13,16H2;1H. The molecular formula is C15H25ClN2. The van der Waals surface area contributed by atoms with Crippen molar-refractivity contribution in [2.24, 2.45) is 11.7 Å². The van der Waals surface area contributed by atoms with Gasteiger partial charge in [-0.3, -0.25) is 0 Å². The Hall–Kier alpha value is -0.570. The lowest BCUT2D eigenvalue weighted by Crippen LogP contribution is -2.37. The van der Waals surface area contributed by atoms with Crippen molar-refractivity contribution in [3.8, 4) is 0 Å². The number of nitrogens with two attached hydrogens (primary N) is 1. The molecule has 18 heavy (non-hydrogen) atoms. The Kier molecular flexibility index (Phi) is 7.33. The van der Waals surface area contributed by atoms with Gasteiger partial charge >= 0.3 is 0 Å². The molecule has 0 aliphatic carbocycles. The lowest BCUT2D eigenvalue weighted by molar-refractivity contribution is 0.172. The molecule has 1 aliphatic heterocycles. The van der Waals surface area contributed by atoms with Crippen molar-refractivity contribution in [3.63, 3.8) is 0 Å². The van der Waals surface area contributed by atoms with Crippen molar-refractivity contribution in [1.29, 1.82) is 0 Å². The number of nitrogens with zero attached hydrogens (tertiary/aromatic N) is 1. The Morgan fingerprint density at radius 2 is 2.00 bits per heavy atom. The lowest BCUT2D eigenvalue weighted by atomic mass is 9.94. The van der Waals surface area contributed by atoms with E-state index in [1.807, 2.05) is 0 Å². The van der Waals surface area contributed by atoms with Crippen LogP contribution in [0, 0.1) is 5.92 Å². The van der Waals surface area contributed by atoms with Crippen LogP contribution in [0.5, 0.6) is 0 Å². The fourth-order valence-corrected chi connectivity index (χ4v) is 2.76. The number of likely N-dealkylation sites (tertiary alicyclic amines) is 1. The van der Waals surface area contributed by atoms with Gasteiger partial charge in [-0.1, -0.05) is 30.3 Å². The highest BCUT2D eigenvalue weighted by atomic mass is 35.5. The Bertz CT molecular complexity index is 314. The van der Waals surface area contributed by atoms with Gasteiger partial charge in [-0.25, -0.2) is 0 Å². The second kappa shape index (κ2) is 8.52. The Morgan fingerprint density at radius 3 is 2.72 bits per heavy atom. The number of hydrogen-bond donors (Lipinski definition) is 1. The third-order valence-electron chi connectivity index (χ3n) is 3.74. The van der Waals surface area contributed by atoms with E-state index in [0.29, 0.717) is 0 Å². The minimum Gasteiger partial charge on any atom is -0.330 e. The predicted molar refractivity (Wildman–Crippen MR) is 80.2 cm³/mol. The van der Waals surface area contributed by atoms with Gasteiger partial charge in [0.2, 0.25) is 0 Å². The minimum absolute atomic E-state index is 0. The molecule has 2 N–H and O–H groups in total. The van der Waals surface area contributed by atoms with Crippen molar-refractivity contribution in [2.75, 3.05) is 26.2 Å². The van der Waals surface area contributed by atoms with Crippen LogP contribution >= 0.6 is 12.4 Å². The fraction of sp³-hybridized carbons (Fsp3) is 0.600. The summed E-state index contributed by atoms with van der Waals surface area (Å²) < 4.78 is 0. The fourth-order valence-electron chi connectivity index (χ4n) is 2.76. The molecule has 1 aromatic carbocycles. The maximum Gasteiger partial charge on any atom is 0.00219 e. The molecule has 0 saturated carbocycles. The van der Waals surface area contributed by atoms with Crippen LogP contribution in [0.15, 0.2) is 30.3 Å². The molecule has 0 spiro atoms. The highest BCUT2D eigenvalue weighted by molar-refractivity contribution is 5.85. The molecule has 1 aromatic rings. The monoisotopic (exact) mass is 268 g/mol. The van der Waals surface area contributed by atoms with Crippen LogP contribution in [0.25, 0.3) is 0 Å². The van der Waals surface area contributed by atoms with Crippen LogP contribution in [-0.4, -0.2) is 31.1 Å². The topological polar surface area (TPSA) is 29.3 Å². The SMILES string of the molecule is Cl.NCCC1CCCN(CCc2ccccc2)C1. The van der Waals surface area contributed by atoms with Crippen molar-refractivity contribution in [1.82, 2.24) is 4.90 Å². The first-order valence-electron chi connectivity index (χ1n) is 6.85. The van der Waals surface area contributed by atoms with Crippen LogP contribution in [0.2, 0.25) is 0 Å². The Balaban J connectivity index is 0.00000162. The normalized spacial score (nSPS) is 20.4. The first-order valence-corrected chi connectivity index (χ1v) is 6.85. The van der Waals surface area contributed by atoms with E-state index in [4.69, 9.17) is 5.73 Å². The van der Waals surface area contributed by atoms with Gasteiger partial charge < -0.3 is 10.6 Å². The molecule has 2 rings (SSSR count). The number of hydrogen-bond acceptors (Lipinski definition) is 2. The van der Waals surface area contributed by atoms with Gasteiger partial charge in [-0.2, -0.15) is 0 Å². The lowest BCUT2D eigenvalue weighted by Gasteiger charge is -2.32. The van der Waals surface area contributed by atoms with E-state index in [0.717, 1.165) is 12.5 Å². The zero-order valence-electron chi connectivity index (χ0n) is 11.1. The second-order valence-electron chi connectivity index (χ2n) is 5.12. The number of benzene rings is 1. The molecule has 1 fully saturated rings. The minimum atomic E-state index is 0. The molecule has 1 atom stereocenters. The predicted octanol–water partition coefficient (Wildman–Crippen LogP) is 2.71. The van der Waals surface area contributed by atoms with Crippen LogP contribution in [0.1, 0.15) is 24.8 Å². The molecule has 1 aliphatic rings. The molecule has 2 nitrogen and oxygen atoms in total. The van der Waals surface area contributed by atoms with E-state index in [1.54, 1.807) is 0 Å². The van der Waals surface area contributed by atoms with Gasteiger partial charge in [0.1, 0.15) is 0 Å². The molecule has 3 heteroatoms. The van der Waals surface area contributed by atoms with Crippen LogP contribution in [0.3, 0.4) is 0 Å². The Labute approximate surface area is 117 Å². The van der Waals surface area contributed by atoms with E-state index in [9.17, 15) is 0 Å². The smallest absolute Gasteiger partial charge is 0.00219 e. The summed E-state index contributed by atoms with van der Waals surface area (Å²) >= 11 is 0. The van der Waals surface area contributed by atoms with Gasteiger partial charge in [-0.05, 0) is 50.3 Å². The van der Waals surface area contributed by atoms with Crippen LogP contribution in [-0.2, 0) is 6.42 Å². The van der Waals surface area contributed by atoms with Crippen molar-refractivity contribution < 1.29 is 0 Å². The molecule has 102 valence electrons. The van der Waals surface area contributed by atoms with Gasteiger partial charge in [0.15, 0.2) is 0 Å². The summed E-state index contributed by atoms with van der Waals surface area (Å²) in [5.74, 6) is 0.838. The van der Waals surface area contributed by atoms with E-state index >= 15 is 0 Å². The summed E-state index contributed by atoms with van der Waals surface area (Å²) in [5.41, 5.74) is 7.10. The number of piperidine rings is 1.